The van der Waals surface area contributed by atoms with Gasteiger partial charge in [-0.2, -0.15) is 0 Å². The van der Waals surface area contributed by atoms with Crippen LogP contribution in [0.15, 0.2) is 91.0 Å². The third kappa shape index (κ3) is 2.91. The number of hydrogen-bond donors (Lipinski definition) is 2. The van der Waals surface area contributed by atoms with Gasteiger partial charge in [-0.05, 0) is 16.7 Å². The van der Waals surface area contributed by atoms with E-state index in [1.807, 2.05) is 0 Å². The summed E-state index contributed by atoms with van der Waals surface area (Å²) < 4.78 is 0. The fraction of sp³-hybridized carbons (Fsp3) is 0.143. The summed E-state index contributed by atoms with van der Waals surface area (Å²) in [7, 11) is 0. The van der Waals surface area contributed by atoms with E-state index in [9.17, 15) is 0 Å². The molecule has 1 fully saturated rings. The summed E-state index contributed by atoms with van der Waals surface area (Å²) in [5.74, 6) is 0. The van der Waals surface area contributed by atoms with Crippen molar-refractivity contribution in [1.82, 2.24) is 10.6 Å². The second-order valence-corrected chi connectivity index (χ2v) is 5.95. The van der Waals surface area contributed by atoms with Crippen molar-refractivity contribution < 1.29 is 0 Å². The average molecular weight is 300 g/mol. The minimum atomic E-state index is 0.159. The van der Waals surface area contributed by atoms with E-state index in [4.69, 9.17) is 0 Å². The Morgan fingerprint density at radius 1 is 0.435 bits per heavy atom. The number of rotatable bonds is 3. The molecule has 23 heavy (non-hydrogen) atoms. The summed E-state index contributed by atoms with van der Waals surface area (Å²) in [6.45, 7) is 0. The molecule has 0 unspecified atom stereocenters. The molecule has 1 heterocycles. The molecule has 3 aromatic carbocycles. The van der Waals surface area contributed by atoms with Crippen LogP contribution in [0.3, 0.4) is 0 Å². The lowest BCUT2D eigenvalue weighted by Crippen LogP contribution is -2.22. The van der Waals surface area contributed by atoms with Gasteiger partial charge in [0.05, 0.1) is 18.2 Å². The fourth-order valence-corrected chi connectivity index (χ4v) is 3.34. The van der Waals surface area contributed by atoms with Crippen molar-refractivity contribution in [2.45, 2.75) is 18.2 Å². The van der Waals surface area contributed by atoms with Gasteiger partial charge in [0.1, 0.15) is 0 Å². The lowest BCUT2D eigenvalue weighted by atomic mass is 9.95. The first-order valence-corrected chi connectivity index (χ1v) is 8.09. The van der Waals surface area contributed by atoms with Gasteiger partial charge in [-0.15, -0.1) is 0 Å². The molecule has 114 valence electrons. The van der Waals surface area contributed by atoms with Crippen molar-refractivity contribution >= 4 is 0 Å². The first-order chi connectivity index (χ1) is 11.4. The topological polar surface area (TPSA) is 24.1 Å². The Balaban J connectivity index is 1.70. The standard InChI is InChI=1S/C21H20N2/c1-4-10-16(11-5-1)19-20(17-12-6-2-7-13-17)23-21(22-19)18-14-8-3-9-15-18/h1-15,19-23H/t19-,20-/m0/s1. The Labute approximate surface area is 137 Å². The van der Waals surface area contributed by atoms with Crippen molar-refractivity contribution in [3.05, 3.63) is 108 Å². The molecule has 2 nitrogen and oxygen atoms in total. The maximum absolute atomic E-state index is 3.76. The van der Waals surface area contributed by atoms with Crippen LogP contribution in [0.5, 0.6) is 0 Å². The SMILES string of the molecule is c1ccc(C2N[C@@H](c3ccccc3)[C@H](c3ccccc3)N2)cc1. The van der Waals surface area contributed by atoms with Crippen molar-refractivity contribution in [2.75, 3.05) is 0 Å². The van der Waals surface area contributed by atoms with Crippen LogP contribution in [0.1, 0.15) is 34.9 Å². The van der Waals surface area contributed by atoms with Gasteiger partial charge in [0.15, 0.2) is 0 Å². The van der Waals surface area contributed by atoms with Gasteiger partial charge < -0.3 is 0 Å². The molecule has 0 amide bonds. The summed E-state index contributed by atoms with van der Waals surface area (Å²) in [5.41, 5.74) is 3.89. The zero-order valence-corrected chi connectivity index (χ0v) is 12.9. The number of nitrogens with one attached hydrogen (secondary N) is 2. The molecule has 0 aromatic heterocycles. The van der Waals surface area contributed by atoms with E-state index < -0.39 is 0 Å². The second kappa shape index (κ2) is 6.37. The van der Waals surface area contributed by atoms with Gasteiger partial charge in [0, 0.05) is 0 Å². The van der Waals surface area contributed by atoms with Crippen LogP contribution in [-0.2, 0) is 0 Å². The van der Waals surface area contributed by atoms with Crippen LogP contribution in [0.25, 0.3) is 0 Å². The van der Waals surface area contributed by atoms with Crippen LogP contribution in [0.2, 0.25) is 0 Å². The smallest absolute Gasteiger partial charge is 0.0846 e. The number of hydrogen-bond acceptors (Lipinski definition) is 2. The third-order valence-corrected chi connectivity index (χ3v) is 4.48. The summed E-state index contributed by atoms with van der Waals surface area (Å²) in [6.07, 6.45) is 0.159. The summed E-state index contributed by atoms with van der Waals surface area (Å²) in [6, 6.07) is 32.4. The van der Waals surface area contributed by atoms with Gasteiger partial charge in [-0.25, -0.2) is 0 Å². The van der Waals surface area contributed by atoms with Crippen molar-refractivity contribution in [3.8, 4) is 0 Å². The summed E-state index contributed by atoms with van der Waals surface area (Å²) in [4.78, 5) is 0. The van der Waals surface area contributed by atoms with E-state index in [1.165, 1.54) is 16.7 Å². The van der Waals surface area contributed by atoms with Crippen LogP contribution in [-0.4, -0.2) is 0 Å². The van der Waals surface area contributed by atoms with Gasteiger partial charge in [-0.3, -0.25) is 10.6 Å². The molecule has 0 spiro atoms. The Morgan fingerprint density at radius 3 is 1.17 bits per heavy atom. The Kier molecular flexibility index (Phi) is 3.93. The Hall–Kier alpha value is -2.42. The lowest BCUT2D eigenvalue weighted by Gasteiger charge is -2.19. The lowest BCUT2D eigenvalue weighted by molar-refractivity contribution is 0.554. The van der Waals surface area contributed by atoms with Crippen LogP contribution in [0, 0.1) is 0 Å². The van der Waals surface area contributed by atoms with E-state index in [0.717, 1.165) is 0 Å². The van der Waals surface area contributed by atoms with E-state index in [0.29, 0.717) is 0 Å². The van der Waals surface area contributed by atoms with Gasteiger partial charge >= 0.3 is 0 Å². The monoisotopic (exact) mass is 300 g/mol. The van der Waals surface area contributed by atoms with Crippen molar-refractivity contribution in [1.29, 1.82) is 0 Å². The molecule has 3 aromatic rings. The fourth-order valence-electron chi connectivity index (χ4n) is 3.34. The molecule has 2 heteroatoms. The van der Waals surface area contributed by atoms with Crippen LogP contribution < -0.4 is 10.6 Å². The van der Waals surface area contributed by atoms with Crippen LogP contribution >= 0.6 is 0 Å². The zero-order chi connectivity index (χ0) is 15.5. The summed E-state index contributed by atoms with van der Waals surface area (Å²) >= 11 is 0. The normalized spacial score (nSPS) is 21.4. The predicted octanol–water partition coefficient (Wildman–Crippen LogP) is 4.36. The highest BCUT2D eigenvalue weighted by Gasteiger charge is 2.35. The highest BCUT2D eigenvalue weighted by Crippen LogP contribution is 2.37. The molecule has 0 bridgehead atoms. The summed E-state index contributed by atoms with van der Waals surface area (Å²) in [5, 5.41) is 7.52. The molecule has 4 rings (SSSR count). The molecule has 0 aliphatic carbocycles. The van der Waals surface area contributed by atoms with E-state index >= 15 is 0 Å². The minimum absolute atomic E-state index is 0.159. The first kappa shape index (κ1) is 14.2. The maximum Gasteiger partial charge on any atom is 0.0846 e. The molecule has 1 saturated heterocycles. The zero-order valence-electron chi connectivity index (χ0n) is 12.9. The minimum Gasteiger partial charge on any atom is -0.289 e. The molecular formula is C21H20N2. The molecule has 2 atom stereocenters. The molecule has 2 N–H and O–H groups in total. The average Bonchev–Trinajstić information content (AvgIpc) is 3.09. The first-order valence-electron chi connectivity index (χ1n) is 8.09. The third-order valence-electron chi connectivity index (χ3n) is 4.48. The van der Waals surface area contributed by atoms with Crippen molar-refractivity contribution in [3.63, 3.8) is 0 Å². The van der Waals surface area contributed by atoms with Gasteiger partial charge in [-0.1, -0.05) is 91.0 Å². The second-order valence-electron chi connectivity index (χ2n) is 5.95. The van der Waals surface area contributed by atoms with E-state index in [1.54, 1.807) is 0 Å². The highest BCUT2D eigenvalue weighted by atomic mass is 15.2. The predicted molar refractivity (Wildman–Crippen MR) is 93.8 cm³/mol. The largest absolute Gasteiger partial charge is 0.289 e. The van der Waals surface area contributed by atoms with E-state index in [-0.39, 0.29) is 18.2 Å². The van der Waals surface area contributed by atoms with Gasteiger partial charge in [0.25, 0.3) is 0 Å². The quantitative estimate of drug-likeness (QED) is 0.751. The number of benzene rings is 3. The Morgan fingerprint density at radius 2 is 0.783 bits per heavy atom. The van der Waals surface area contributed by atoms with Crippen molar-refractivity contribution in [2.24, 2.45) is 0 Å². The van der Waals surface area contributed by atoms with Crippen LogP contribution in [0.4, 0.5) is 0 Å². The van der Waals surface area contributed by atoms with E-state index in [2.05, 4.69) is 102 Å². The highest BCUT2D eigenvalue weighted by molar-refractivity contribution is 5.32. The molecular weight excluding hydrogens is 280 g/mol. The molecule has 1 aliphatic heterocycles. The Bertz CT molecular complexity index is 693. The molecule has 1 aliphatic rings. The molecule has 0 saturated carbocycles. The van der Waals surface area contributed by atoms with Gasteiger partial charge in [0.2, 0.25) is 0 Å². The maximum atomic E-state index is 3.76. The molecule has 0 radical (unpaired) electrons.